The van der Waals surface area contributed by atoms with Crippen LogP contribution in [0.1, 0.15) is 35.9 Å². The Labute approximate surface area is 142 Å². The molecule has 0 radical (unpaired) electrons. The molecule has 0 aliphatic heterocycles. The number of hydrogen-bond donors (Lipinski definition) is 1. The molecule has 3 nitrogen and oxygen atoms in total. The Morgan fingerprint density at radius 3 is 2.64 bits per heavy atom. The van der Waals surface area contributed by atoms with E-state index in [0.29, 0.717) is 29.5 Å². The van der Waals surface area contributed by atoms with Gasteiger partial charge >= 0.3 is 6.18 Å². The fourth-order valence-electron chi connectivity index (χ4n) is 3.09. The van der Waals surface area contributed by atoms with Crippen molar-refractivity contribution in [3.05, 3.63) is 65.5 Å². The molecule has 1 saturated carbocycles. The zero-order chi connectivity index (χ0) is 17.4. The first-order valence-corrected chi connectivity index (χ1v) is 8.26. The van der Waals surface area contributed by atoms with Crippen LogP contribution in [0.25, 0.3) is 11.1 Å². The van der Waals surface area contributed by atoms with Gasteiger partial charge in [0.05, 0.1) is 12.1 Å². The van der Waals surface area contributed by atoms with E-state index in [9.17, 15) is 13.2 Å². The topological polar surface area (TPSA) is 38.1 Å². The van der Waals surface area contributed by atoms with Gasteiger partial charge in [-0.25, -0.2) is 4.98 Å². The monoisotopic (exact) mass is 346 g/mol. The Kier molecular flexibility index (Phi) is 4.00. The Balaban J connectivity index is 1.54. The third-order valence-electron chi connectivity index (χ3n) is 4.48. The fraction of sp³-hybridized carbons (Fsp3) is 0.316. The smallest absolute Gasteiger partial charge is 0.416 e. The lowest BCUT2D eigenvalue weighted by Gasteiger charge is -2.19. The molecule has 1 aromatic heterocycles. The van der Waals surface area contributed by atoms with E-state index < -0.39 is 11.7 Å². The lowest BCUT2D eigenvalue weighted by Crippen LogP contribution is -2.23. The predicted octanol–water partition coefficient (Wildman–Crippen LogP) is 5.09. The number of benzene rings is 2. The van der Waals surface area contributed by atoms with Crippen LogP contribution in [-0.2, 0) is 12.7 Å². The van der Waals surface area contributed by atoms with Crippen LogP contribution in [0.5, 0.6) is 0 Å². The number of hydrogen-bond acceptors (Lipinski definition) is 3. The highest BCUT2D eigenvalue weighted by Gasteiger charge is 2.35. The van der Waals surface area contributed by atoms with Crippen LogP contribution >= 0.6 is 0 Å². The van der Waals surface area contributed by atoms with Gasteiger partial charge < -0.3 is 9.73 Å². The predicted molar refractivity (Wildman–Crippen MR) is 87.8 cm³/mol. The quantitative estimate of drug-likeness (QED) is 0.699. The van der Waals surface area contributed by atoms with Gasteiger partial charge in [-0.05, 0) is 48.6 Å². The Morgan fingerprint density at radius 2 is 1.92 bits per heavy atom. The van der Waals surface area contributed by atoms with E-state index >= 15 is 0 Å². The van der Waals surface area contributed by atoms with Crippen LogP contribution in [0.4, 0.5) is 13.2 Å². The molecule has 1 fully saturated rings. The number of oxazole rings is 1. The fourth-order valence-corrected chi connectivity index (χ4v) is 3.09. The van der Waals surface area contributed by atoms with Crippen molar-refractivity contribution in [3.8, 4) is 0 Å². The molecule has 3 aromatic rings. The van der Waals surface area contributed by atoms with Gasteiger partial charge in [-0.2, -0.15) is 13.2 Å². The van der Waals surface area contributed by atoms with E-state index in [1.165, 1.54) is 12.1 Å². The molecule has 130 valence electrons. The van der Waals surface area contributed by atoms with Gasteiger partial charge in [-0.3, -0.25) is 0 Å². The summed E-state index contributed by atoms with van der Waals surface area (Å²) in [6, 6.07) is 12.9. The first kappa shape index (κ1) is 16.1. The maximum atomic E-state index is 13.0. The summed E-state index contributed by atoms with van der Waals surface area (Å²) in [5.41, 5.74) is 1.54. The molecule has 25 heavy (non-hydrogen) atoms. The van der Waals surface area contributed by atoms with Gasteiger partial charge in [0.15, 0.2) is 5.58 Å². The minimum Gasteiger partial charge on any atom is -0.439 e. The van der Waals surface area contributed by atoms with Gasteiger partial charge in [-0.1, -0.05) is 24.3 Å². The number of nitrogens with one attached hydrogen (secondary N) is 1. The number of fused-ring (bicyclic) bond motifs is 1. The maximum Gasteiger partial charge on any atom is 0.416 e. The van der Waals surface area contributed by atoms with Crippen LogP contribution in [0.2, 0.25) is 0 Å². The summed E-state index contributed by atoms with van der Waals surface area (Å²) in [6.45, 7) is 0.381. The highest BCUT2D eigenvalue weighted by molar-refractivity contribution is 5.72. The summed E-state index contributed by atoms with van der Waals surface area (Å²) < 4.78 is 44.6. The normalized spacial score (nSPS) is 16.3. The van der Waals surface area contributed by atoms with Crippen molar-refractivity contribution in [2.45, 2.75) is 31.6 Å². The van der Waals surface area contributed by atoms with Gasteiger partial charge in [-0.15, -0.1) is 0 Å². The number of nitrogens with zero attached hydrogens (tertiary/aromatic N) is 1. The van der Waals surface area contributed by atoms with E-state index in [0.717, 1.165) is 24.4 Å². The molecule has 1 heterocycles. The third-order valence-corrected chi connectivity index (χ3v) is 4.48. The molecule has 0 bridgehead atoms. The zero-order valence-corrected chi connectivity index (χ0v) is 13.4. The van der Waals surface area contributed by atoms with Crippen LogP contribution < -0.4 is 5.32 Å². The molecule has 0 spiro atoms. The minimum atomic E-state index is -4.33. The standard InChI is InChI=1S/C19H17F3N2O/c20-19(21,22)14-5-3-4-13(10-14)18(12-8-9-12)23-11-17-24-15-6-1-2-7-16(15)25-17/h1-7,10,12,18,23H,8-9,11H2/t18-/m0/s1. The SMILES string of the molecule is FC(F)(F)c1cccc([C@@H](NCc2nc3ccccc3o2)C2CC2)c1. The molecule has 6 heteroatoms. The number of alkyl halides is 3. The third kappa shape index (κ3) is 3.54. The number of halogens is 3. The van der Waals surface area contributed by atoms with Gasteiger partial charge in [0, 0.05) is 6.04 Å². The van der Waals surface area contributed by atoms with Crippen LogP contribution in [0.15, 0.2) is 52.9 Å². The average molecular weight is 346 g/mol. The molecular formula is C19H17F3N2O. The summed E-state index contributed by atoms with van der Waals surface area (Å²) in [6.07, 6.45) is -2.30. The van der Waals surface area contributed by atoms with Crippen LogP contribution in [0, 0.1) is 5.92 Å². The van der Waals surface area contributed by atoms with Crippen molar-refractivity contribution in [1.82, 2.24) is 10.3 Å². The van der Waals surface area contributed by atoms with Crippen molar-refractivity contribution >= 4 is 11.1 Å². The molecule has 1 N–H and O–H groups in total. The van der Waals surface area contributed by atoms with Crippen LogP contribution in [0.3, 0.4) is 0 Å². The van der Waals surface area contributed by atoms with Crippen molar-refractivity contribution in [1.29, 1.82) is 0 Å². The Bertz CT molecular complexity index is 851. The second-order valence-corrected chi connectivity index (χ2v) is 6.39. The summed E-state index contributed by atoms with van der Waals surface area (Å²) in [5, 5.41) is 3.33. The molecular weight excluding hydrogens is 329 g/mol. The molecule has 4 rings (SSSR count). The zero-order valence-electron chi connectivity index (χ0n) is 13.4. The van der Waals surface area contributed by atoms with Crippen molar-refractivity contribution < 1.29 is 17.6 Å². The number of rotatable bonds is 5. The van der Waals surface area contributed by atoms with Crippen molar-refractivity contribution in [2.24, 2.45) is 5.92 Å². The summed E-state index contributed by atoms with van der Waals surface area (Å²) in [7, 11) is 0. The van der Waals surface area contributed by atoms with E-state index in [1.807, 2.05) is 24.3 Å². The molecule has 1 aliphatic carbocycles. The van der Waals surface area contributed by atoms with E-state index in [4.69, 9.17) is 4.42 Å². The largest absolute Gasteiger partial charge is 0.439 e. The summed E-state index contributed by atoms with van der Waals surface area (Å²) >= 11 is 0. The van der Waals surface area contributed by atoms with E-state index in [2.05, 4.69) is 10.3 Å². The lowest BCUT2D eigenvalue weighted by molar-refractivity contribution is -0.137. The molecule has 0 unspecified atom stereocenters. The minimum absolute atomic E-state index is 0.127. The molecule has 0 saturated heterocycles. The van der Waals surface area contributed by atoms with Crippen molar-refractivity contribution in [3.63, 3.8) is 0 Å². The first-order valence-electron chi connectivity index (χ1n) is 8.26. The maximum absolute atomic E-state index is 13.0. The van der Waals surface area contributed by atoms with E-state index in [-0.39, 0.29) is 6.04 Å². The highest BCUT2D eigenvalue weighted by Crippen LogP contribution is 2.42. The highest BCUT2D eigenvalue weighted by atomic mass is 19.4. The number of para-hydroxylation sites is 2. The van der Waals surface area contributed by atoms with E-state index in [1.54, 1.807) is 6.07 Å². The van der Waals surface area contributed by atoms with Crippen molar-refractivity contribution in [2.75, 3.05) is 0 Å². The van der Waals surface area contributed by atoms with Gasteiger partial charge in [0.2, 0.25) is 5.89 Å². The average Bonchev–Trinajstić information content (AvgIpc) is 3.33. The molecule has 1 atom stereocenters. The molecule has 1 aliphatic rings. The van der Waals surface area contributed by atoms with Gasteiger partial charge in [0.25, 0.3) is 0 Å². The molecule has 2 aromatic carbocycles. The second-order valence-electron chi connectivity index (χ2n) is 6.39. The van der Waals surface area contributed by atoms with Crippen LogP contribution in [-0.4, -0.2) is 4.98 Å². The summed E-state index contributed by atoms with van der Waals surface area (Å²) in [4.78, 5) is 4.41. The number of aromatic nitrogens is 1. The second kappa shape index (κ2) is 6.19. The summed E-state index contributed by atoms with van der Waals surface area (Å²) in [5.74, 6) is 0.895. The van der Waals surface area contributed by atoms with Gasteiger partial charge in [0.1, 0.15) is 5.52 Å². The molecule has 0 amide bonds. The Hall–Kier alpha value is -2.34. The first-order chi connectivity index (χ1) is 12.0. The Morgan fingerprint density at radius 1 is 1.12 bits per heavy atom. The lowest BCUT2D eigenvalue weighted by atomic mass is 10.00.